The molecule has 3 heterocycles. The number of anilines is 3. The molecule has 3 aliphatic rings. The van der Waals surface area contributed by atoms with Gasteiger partial charge in [-0.15, -0.1) is 0 Å². The summed E-state index contributed by atoms with van der Waals surface area (Å²) >= 11 is 0. The topological polar surface area (TPSA) is 64.5 Å². The van der Waals surface area contributed by atoms with Crippen molar-refractivity contribution in [2.75, 3.05) is 55.4 Å². The first-order valence-electron chi connectivity index (χ1n) is 12.7. The summed E-state index contributed by atoms with van der Waals surface area (Å²) in [5.41, 5.74) is 8.09. The van der Waals surface area contributed by atoms with Crippen LogP contribution >= 0.6 is 0 Å². The molecule has 0 radical (unpaired) electrons. The van der Waals surface area contributed by atoms with E-state index in [1.165, 1.54) is 16.8 Å². The molecule has 1 saturated heterocycles. The van der Waals surface area contributed by atoms with Crippen LogP contribution < -0.4 is 20.3 Å². The molecule has 3 aromatic carbocycles. The first-order chi connectivity index (χ1) is 17.7. The van der Waals surface area contributed by atoms with Crippen molar-refractivity contribution in [2.45, 2.75) is 20.0 Å². The maximum Gasteiger partial charge on any atom is 0.133 e. The monoisotopic (exact) mass is 480 g/mol. The van der Waals surface area contributed by atoms with Gasteiger partial charge in [0.05, 0.1) is 19.7 Å². The highest BCUT2D eigenvalue weighted by atomic mass is 16.5. The zero-order valence-corrected chi connectivity index (χ0v) is 20.9. The number of ether oxygens (including phenoxy) is 1. The van der Waals surface area contributed by atoms with Crippen LogP contribution in [0.5, 0.6) is 5.75 Å². The second-order valence-corrected chi connectivity index (χ2v) is 9.54. The summed E-state index contributed by atoms with van der Waals surface area (Å²) in [4.78, 5) is 14.5. The average Bonchev–Trinajstić information content (AvgIpc) is 2.93. The second-order valence-electron chi connectivity index (χ2n) is 9.54. The Morgan fingerprint density at radius 1 is 0.750 bits per heavy atom. The molecule has 0 saturated carbocycles. The van der Waals surface area contributed by atoms with Crippen LogP contribution in [0.2, 0.25) is 0 Å². The number of hydrogen-bond donors (Lipinski definition) is 2. The number of aliphatic imine (C=N–C) groups is 2. The van der Waals surface area contributed by atoms with Gasteiger partial charge in [0, 0.05) is 54.4 Å². The minimum absolute atomic E-state index is 0.636. The molecular weight excluding hydrogens is 448 g/mol. The van der Waals surface area contributed by atoms with E-state index in [1.807, 2.05) is 31.2 Å². The van der Waals surface area contributed by atoms with E-state index in [0.29, 0.717) is 19.7 Å². The van der Waals surface area contributed by atoms with Crippen molar-refractivity contribution in [3.8, 4) is 5.75 Å². The fourth-order valence-electron chi connectivity index (χ4n) is 4.95. The lowest BCUT2D eigenvalue weighted by Crippen LogP contribution is -2.44. The number of piperazine rings is 1. The van der Waals surface area contributed by atoms with Crippen LogP contribution in [0.25, 0.3) is 0 Å². The van der Waals surface area contributed by atoms with E-state index in [1.54, 1.807) is 0 Å². The lowest BCUT2D eigenvalue weighted by Gasteiger charge is -2.34. The number of fused-ring (bicyclic) bond motifs is 2. The van der Waals surface area contributed by atoms with Crippen molar-refractivity contribution < 1.29 is 4.74 Å². The molecule has 0 unspecified atom stereocenters. The summed E-state index contributed by atoms with van der Waals surface area (Å²) in [6.45, 7) is 8.34. The van der Waals surface area contributed by atoms with E-state index in [2.05, 4.69) is 63.9 Å². The molecule has 0 aliphatic carbocycles. The average molecular weight is 481 g/mol. The first kappa shape index (κ1) is 22.6. The number of nitrogens with zero attached hydrogens (tertiary/aromatic N) is 4. The molecule has 0 bridgehead atoms. The van der Waals surface area contributed by atoms with Crippen molar-refractivity contribution in [2.24, 2.45) is 9.98 Å². The van der Waals surface area contributed by atoms with Gasteiger partial charge in [-0.2, -0.15) is 0 Å². The summed E-state index contributed by atoms with van der Waals surface area (Å²) in [6, 6.07) is 21.2. The van der Waals surface area contributed by atoms with E-state index in [4.69, 9.17) is 14.7 Å². The molecule has 7 heteroatoms. The molecular formula is C29H32N6O. The summed E-state index contributed by atoms with van der Waals surface area (Å²) in [6.07, 6.45) is 0. The molecule has 0 aromatic heterocycles. The Labute approximate surface area is 212 Å². The highest BCUT2D eigenvalue weighted by molar-refractivity contribution is 6.12. The van der Waals surface area contributed by atoms with Gasteiger partial charge < -0.3 is 25.2 Å². The van der Waals surface area contributed by atoms with E-state index in [-0.39, 0.29) is 0 Å². The second kappa shape index (κ2) is 9.66. The van der Waals surface area contributed by atoms with Crippen LogP contribution in [0.1, 0.15) is 29.2 Å². The third kappa shape index (κ3) is 4.54. The summed E-state index contributed by atoms with van der Waals surface area (Å²) in [7, 11) is 2.19. The van der Waals surface area contributed by atoms with Crippen molar-refractivity contribution in [1.29, 1.82) is 0 Å². The third-order valence-electron chi connectivity index (χ3n) is 7.10. The standard InChI is InChI=1S/C29H32N6O/c1-3-36-25-8-4-20(5-9-25)28-30-18-22-16-21(6-10-26(22)32-28)29-31-19-23-17-24(7-11-27(23)33-29)35-14-12-34(2)13-15-35/h4-11,16-17H,3,12-15,18-19H2,1-2H3,(H,30,32)(H,31,33). The number of rotatable bonds is 5. The van der Waals surface area contributed by atoms with Gasteiger partial charge in [-0.3, -0.25) is 9.98 Å². The molecule has 7 nitrogen and oxygen atoms in total. The van der Waals surface area contributed by atoms with E-state index in [9.17, 15) is 0 Å². The lowest BCUT2D eigenvalue weighted by molar-refractivity contribution is 0.313. The van der Waals surface area contributed by atoms with Gasteiger partial charge >= 0.3 is 0 Å². The predicted octanol–water partition coefficient (Wildman–Crippen LogP) is 4.58. The Balaban J connectivity index is 1.15. The number of hydrogen-bond acceptors (Lipinski definition) is 7. The molecule has 0 amide bonds. The minimum Gasteiger partial charge on any atom is -0.494 e. The Morgan fingerprint density at radius 2 is 1.36 bits per heavy atom. The van der Waals surface area contributed by atoms with Crippen LogP contribution in [0.3, 0.4) is 0 Å². The summed E-state index contributed by atoms with van der Waals surface area (Å²) in [5, 5.41) is 7.05. The number of likely N-dealkylation sites (N-methyl/N-ethyl adjacent to an activating group) is 1. The van der Waals surface area contributed by atoms with Gasteiger partial charge in [0.1, 0.15) is 17.4 Å². The Bertz CT molecular complexity index is 1320. The Kier molecular flexibility index (Phi) is 6.07. The minimum atomic E-state index is 0.636. The van der Waals surface area contributed by atoms with Crippen LogP contribution in [0.15, 0.2) is 70.6 Å². The number of nitrogens with one attached hydrogen (secondary N) is 2. The molecule has 0 spiro atoms. The maximum atomic E-state index is 5.55. The highest BCUT2D eigenvalue weighted by Crippen LogP contribution is 2.30. The molecule has 0 atom stereocenters. The molecule has 2 N–H and O–H groups in total. The zero-order valence-electron chi connectivity index (χ0n) is 20.9. The fourth-order valence-corrected chi connectivity index (χ4v) is 4.95. The molecule has 6 rings (SSSR count). The summed E-state index contributed by atoms with van der Waals surface area (Å²) < 4.78 is 5.55. The predicted molar refractivity (Wildman–Crippen MR) is 148 cm³/mol. The SMILES string of the molecule is CCOc1ccc(C2=NCc3cc(C4=NCc5cc(N6CCN(C)CC6)ccc5N4)ccc3N2)cc1. The normalized spacial score (nSPS) is 17.2. The van der Waals surface area contributed by atoms with E-state index >= 15 is 0 Å². The zero-order chi connectivity index (χ0) is 24.5. The largest absolute Gasteiger partial charge is 0.494 e. The van der Waals surface area contributed by atoms with Crippen LogP contribution in [0.4, 0.5) is 17.1 Å². The first-order valence-corrected chi connectivity index (χ1v) is 12.7. The van der Waals surface area contributed by atoms with Crippen molar-refractivity contribution in [1.82, 2.24) is 4.90 Å². The summed E-state index contributed by atoms with van der Waals surface area (Å²) in [5.74, 6) is 2.68. The van der Waals surface area contributed by atoms with Gasteiger partial charge in [-0.05, 0) is 85.8 Å². The molecule has 36 heavy (non-hydrogen) atoms. The smallest absolute Gasteiger partial charge is 0.133 e. The molecule has 184 valence electrons. The molecule has 1 fully saturated rings. The quantitative estimate of drug-likeness (QED) is 0.560. The van der Waals surface area contributed by atoms with Gasteiger partial charge in [0.15, 0.2) is 0 Å². The Morgan fingerprint density at radius 3 is 2.06 bits per heavy atom. The van der Waals surface area contributed by atoms with E-state index < -0.39 is 0 Å². The van der Waals surface area contributed by atoms with Gasteiger partial charge in [-0.25, -0.2) is 0 Å². The van der Waals surface area contributed by atoms with Gasteiger partial charge in [0.2, 0.25) is 0 Å². The van der Waals surface area contributed by atoms with Crippen molar-refractivity contribution >= 4 is 28.7 Å². The van der Waals surface area contributed by atoms with Crippen LogP contribution in [0, 0.1) is 0 Å². The van der Waals surface area contributed by atoms with E-state index in [0.717, 1.165) is 66.1 Å². The van der Waals surface area contributed by atoms with Crippen molar-refractivity contribution in [3.63, 3.8) is 0 Å². The van der Waals surface area contributed by atoms with Crippen molar-refractivity contribution in [3.05, 3.63) is 82.9 Å². The molecule has 3 aromatic rings. The Hall–Kier alpha value is -3.84. The van der Waals surface area contributed by atoms with Crippen LogP contribution in [-0.2, 0) is 13.1 Å². The lowest BCUT2D eigenvalue weighted by atomic mass is 10.0. The fraction of sp³-hybridized carbons (Fsp3) is 0.310. The highest BCUT2D eigenvalue weighted by Gasteiger charge is 2.20. The maximum absolute atomic E-state index is 5.55. The third-order valence-corrected chi connectivity index (χ3v) is 7.10. The van der Waals surface area contributed by atoms with Gasteiger partial charge in [-0.1, -0.05) is 0 Å². The number of amidine groups is 2. The van der Waals surface area contributed by atoms with Crippen LogP contribution in [-0.4, -0.2) is 56.4 Å². The van der Waals surface area contributed by atoms with Gasteiger partial charge in [0.25, 0.3) is 0 Å². The molecule has 3 aliphatic heterocycles. The number of benzene rings is 3.